The fraction of sp³-hybridized carbons (Fsp3) is 0.357. The van der Waals surface area contributed by atoms with Crippen LogP contribution in [-0.2, 0) is 0 Å². The van der Waals surface area contributed by atoms with Crippen molar-refractivity contribution in [1.82, 2.24) is 4.98 Å². The summed E-state index contributed by atoms with van der Waals surface area (Å²) in [5.41, 5.74) is 2.44. The SMILES string of the molecule is N#CC12CC(C1)C2c1cc2ccccc2[nH]1. The molecule has 2 nitrogen and oxygen atoms in total. The lowest BCUT2D eigenvalue weighted by Crippen LogP contribution is -2.58. The number of aromatic nitrogens is 1. The summed E-state index contributed by atoms with van der Waals surface area (Å²) in [5, 5.41) is 10.5. The Kier molecular flexibility index (Phi) is 1.31. The first kappa shape index (κ1) is 8.41. The third kappa shape index (κ3) is 0.792. The fourth-order valence-corrected chi connectivity index (χ4v) is 3.47. The molecule has 1 atom stereocenters. The highest BCUT2D eigenvalue weighted by molar-refractivity contribution is 5.80. The van der Waals surface area contributed by atoms with Crippen LogP contribution in [0.2, 0.25) is 0 Å². The highest BCUT2D eigenvalue weighted by Gasteiger charge is 2.66. The number of benzene rings is 1. The van der Waals surface area contributed by atoms with Crippen molar-refractivity contribution in [3.05, 3.63) is 36.0 Å². The molecule has 2 aromatic rings. The highest BCUT2D eigenvalue weighted by atomic mass is 14.8. The summed E-state index contributed by atoms with van der Waals surface area (Å²) in [7, 11) is 0. The minimum atomic E-state index is -0.0223. The first-order valence-corrected chi connectivity index (χ1v) is 5.81. The van der Waals surface area contributed by atoms with Crippen LogP contribution in [0.5, 0.6) is 0 Å². The molecular weight excluding hydrogens is 196 g/mol. The van der Waals surface area contributed by atoms with Crippen LogP contribution in [0.15, 0.2) is 30.3 Å². The van der Waals surface area contributed by atoms with Crippen LogP contribution in [-0.4, -0.2) is 4.98 Å². The van der Waals surface area contributed by atoms with E-state index < -0.39 is 0 Å². The predicted molar refractivity (Wildman–Crippen MR) is 61.8 cm³/mol. The Hall–Kier alpha value is -1.75. The van der Waals surface area contributed by atoms with E-state index in [0.29, 0.717) is 5.92 Å². The second-order valence-corrected chi connectivity index (χ2v) is 5.23. The number of hydrogen-bond acceptors (Lipinski definition) is 1. The first-order chi connectivity index (χ1) is 7.82. The lowest BCUT2D eigenvalue weighted by atomic mass is 9.37. The van der Waals surface area contributed by atoms with Gasteiger partial charge in [0.15, 0.2) is 0 Å². The minimum Gasteiger partial charge on any atom is -0.358 e. The molecule has 0 spiro atoms. The van der Waals surface area contributed by atoms with Crippen LogP contribution in [0, 0.1) is 22.7 Å². The van der Waals surface area contributed by atoms with E-state index in [9.17, 15) is 5.26 Å². The van der Waals surface area contributed by atoms with Crippen molar-refractivity contribution >= 4 is 10.9 Å². The van der Waals surface area contributed by atoms with E-state index in [2.05, 4.69) is 35.3 Å². The quantitative estimate of drug-likeness (QED) is 0.768. The Balaban J connectivity index is 1.82. The number of para-hydroxylation sites is 1. The molecule has 1 unspecified atom stereocenters. The van der Waals surface area contributed by atoms with E-state index in [1.807, 2.05) is 6.07 Å². The Bertz CT molecular complexity index is 578. The second-order valence-electron chi connectivity index (χ2n) is 5.23. The third-order valence-corrected chi connectivity index (χ3v) is 4.43. The summed E-state index contributed by atoms with van der Waals surface area (Å²) in [5.74, 6) is 1.23. The molecule has 0 amide bonds. The standard InChI is InChI=1S/C14H12N2/c15-8-14-6-10(7-14)13(14)12-5-9-3-1-2-4-11(9)16-12/h1-5,10,13,16H,6-7H2. The molecule has 1 aromatic carbocycles. The largest absolute Gasteiger partial charge is 0.358 e. The van der Waals surface area contributed by atoms with Crippen LogP contribution in [0.4, 0.5) is 0 Å². The van der Waals surface area contributed by atoms with E-state index in [4.69, 9.17) is 0 Å². The van der Waals surface area contributed by atoms with Gasteiger partial charge < -0.3 is 4.98 Å². The number of aromatic amines is 1. The number of H-pyrrole nitrogens is 1. The van der Waals surface area contributed by atoms with Crippen molar-refractivity contribution in [3.8, 4) is 6.07 Å². The van der Waals surface area contributed by atoms with Gasteiger partial charge in [-0.3, -0.25) is 0 Å². The summed E-state index contributed by atoms with van der Waals surface area (Å²) in [4.78, 5) is 3.47. The number of hydrogen-bond donors (Lipinski definition) is 1. The van der Waals surface area contributed by atoms with Gasteiger partial charge in [-0.25, -0.2) is 0 Å². The summed E-state index contributed by atoms with van der Waals surface area (Å²) in [6, 6.07) is 13.1. The van der Waals surface area contributed by atoms with Gasteiger partial charge in [0.05, 0.1) is 11.5 Å². The van der Waals surface area contributed by atoms with Crippen molar-refractivity contribution in [2.45, 2.75) is 18.8 Å². The van der Waals surface area contributed by atoms with Crippen LogP contribution in [0.3, 0.4) is 0 Å². The van der Waals surface area contributed by atoms with Gasteiger partial charge in [-0.15, -0.1) is 0 Å². The van der Waals surface area contributed by atoms with Gasteiger partial charge in [0.25, 0.3) is 0 Å². The van der Waals surface area contributed by atoms with Gasteiger partial charge in [0, 0.05) is 17.1 Å². The molecule has 3 aliphatic carbocycles. The van der Waals surface area contributed by atoms with Crippen LogP contribution < -0.4 is 0 Å². The van der Waals surface area contributed by atoms with Crippen molar-refractivity contribution in [1.29, 1.82) is 5.26 Å². The third-order valence-electron chi connectivity index (χ3n) is 4.43. The van der Waals surface area contributed by atoms with Crippen molar-refractivity contribution in [3.63, 3.8) is 0 Å². The zero-order chi connectivity index (χ0) is 10.8. The molecule has 3 fully saturated rings. The molecular formula is C14H12N2. The monoisotopic (exact) mass is 208 g/mol. The van der Waals surface area contributed by atoms with Gasteiger partial charge >= 0.3 is 0 Å². The van der Waals surface area contributed by atoms with E-state index in [1.165, 1.54) is 16.6 Å². The average Bonchev–Trinajstić information content (AvgIpc) is 2.56. The maximum Gasteiger partial charge on any atom is 0.0697 e. The molecule has 2 heteroatoms. The molecule has 78 valence electrons. The number of nitrogens with one attached hydrogen (secondary N) is 1. The zero-order valence-electron chi connectivity index (χ0n) is 8.90. The van der Waals surface area contributed by atoms with E-state index in [0.717, 1.165) is 18.8 Å². The molecule has 3 aliphatic rings. The fourth-order valence-electron chi connectivity index (χ4n) is 3.47. The normalized spacial score (nSPS) is 35.2. The lowest BCUT2D eigenvalue weighted by Gasteiger charge is -2.64. The molecule has 2 bridgehead atoms. The number of nitrogens with zero attached hydrogens (tertiary/aromatic N) is 1. The summed E-state index contributed by atoms with van der Waals surface area (Å²) in [6.45, 7) is 0. The van der Waals surface area contributed by atoms with E-state index in [1.54, 1.807) is 0 Å². The highest BCUT2D eigenvalue weighted by Crippen LogP contribution is 2.72. The second kappa shape index (κ2) is 2.49. The molecule has 1 N–H and O–H groups in total. The molecule has 1 aromatic heterocycles. The number of nitriles is 1. The van der Waals surface area contributed by atoms with E-state index >= 15 is 0 Å². The molecule has 0 aliphatic heterocycles. The van der Waals surface area contributed by atoms with Crippen molar-refractivity contribution in [2.24, 2.45) is 11.3 Å². The average molecular weight is 208 g/mol. The van der Waals surface area contributed by atoms with Crippen LogP contribution in [0.25, 0.3) is 10.9 Å². The Morgan fingerprint density at radius 1 is 1.31 bits per heavy atom. The van der Waals surface area contributed by atoms with Gasteiger partial charge in [-0.2, -0.15) is 5.26 Å². The minimum absolute atomic E-state index is 0.0223. The Morgan fingerprint density at radius 3 is 2.75 bits per heavy atom. The molecule has 0 saturated heterocycles. The molecule has 3 saturated carbocycles. The molecule has 5 rings (SSSR count). The molecule has 16 heavy (non-hydrogen) atoms. The summed E-state index contributed by atoms with van der Waals surface area (Å²) in [6.07, 6.45) is 2.23. The zero-order valence-corrected chi connectivity index (χ0v) is 8.90. The van der Waals surface area contributed by atoms with Crippen LogP contribution >= 0.6 is 0 Å². The summed E-state index contributed by atoms with van der Waals surface area (Å²) >= 11 is 0. The topological polar surface area (TPSA) is 39.6 Å². The van der Waals surface area contributed by atoms with Gasteiger partial charge in [0.2, 0.25) is 0 Å². The maximum absolute atomic E-state index is 9.23. The maximum atomic E-state index is 9.23. The predicted octanol–water partition coefficient (Wildman–Crippen LogP) is 3.19. The van der Waals surface area contributed by atoms with Gasteiger partial charge in [-0.05, 0) is 36.3 Å². The number of fused-ring (bicyclic) bond motifs is 1. The number of rotatable bonds is 1. The molecule has 1 heterocycles. The Labute approximate surface area is 93.9 Å². The first-order valence-electron chi connectivity index (χ1n) is 5.81. The van der Waals surface area contributed by atoms with Crippen LogP contribution in [0.1, 0.15) is 24.5 Å². The van der Waals surface area contributed by atoms with Crippen molar-refractivity contribution in [2.75, 3.05) is 0 Å². The Morgan fingerprint density at radius 2 is 2.12 bits per heavy atom. The van der Waals surface area contributed by atoms with Crippen molar-refractivity contribution < 1.29 is 0 Å². The lowest BCUT2D eigenvalue weighted by molar-refractivity contribution is -0.0934. The molecule has 0 radical (unpaired) electrons. The smallest absolute Gasteiger partial charge is 0.0697 e. The van der Waals surface area contributed by atoms with Gasteiger partial charge in [-0.1, -0.05) is 18.2 Å². The summed E-state index contributed by atoms with van der Waals surface area (Å²) < 4.78 is 0. The van der Waals surface area contributed by atoms with Gasteiger partial charge in [0.1, 0.15) is 0 Å². The van der Waals surface area contributed by atoms with E-state index in [-0.39, 0.29) is 5.41 Å².